The van der Waals surface area contributed by atoms with Crippen molar-refractivity contribution in [3.63, 3.8) is 0 Å². The first kappa shape index (κ1) is 15.9. The molecule has 1 aromatic heterocycles. The van der Waals surface area contributed by atoms with Gasteiger partial charge in [-0.1, -0.05) is 34.6 Å². The number of rotatable bonds is 7. The summed E-state index contributed by atoms with van der Waals surface area (Å²) in [7, 11) is 0. The van der Waals surface area contributed by atoms with Gasteiger partial charge >= 0.3 is 0 Å². The van der Waals surface area contributed by atoms with Crippen LogP contribution >= 0.6 is 0 Å². The minimum Gasteiger partial charge on any atom is -0.294 e. The van der Waals surface area contributed by atoms with Gasteiger partial charge in [0.05, 0.1) is 11.3 Å². The van der Waals surface area contributed by atoms with E-state index in [1.165, 1.54) is 6.42 Å². The molecule has 1 atom stereocenters. The summed E-state index contributed by atoms with van der Waals surface area (Å²) in [6.07, 6.45) is 2.89. The molecule has 1 heterocycles. The van der Waals surface area contributed by atoms with E-state index in [0.29, 0.717) is 11.8 Å². The molecule has 0 bridgehead atoms. The average molecular weight is 264 g/mol. The Morgan fingerprint density at radius 3 is 2.26 bits per heavy atom. The van der Waals surface area contributed by atoms with E-state index in [9.17, 15) is 4.79 Å². The maximum absolute atomic E-state index is 11.8. The van der Waals surface area contributed by atoms with Crippen LogP contribution in [0.3, 0.4) is 0 Å². The summed E-state index contributed by atoms with van der Waals surface area (Å²) >= 11 is 0. The summed E-state index contributed by atoms with van der Waals surface area (Å²) in [4.78, 5) is 11.8. The minimum atomic E-state index is 0.150. The van der Waals surface area contributed by atoms with E-state index in [4.69, 9.17) is 0 Å². The minimum absolute atomic E-state index is 0.150. The quantitative estimate of drug-likeness (QED) is 0.700. The standard InChI is InChI=1S/C16H28N2O/c1-7-14-16(13(6)19)15(8-2)18(17-14)10-12(5)9-11(3)4/h11-12H,7-10H2,1-6H3. The monoisotopic (exact) mass is 264 g/mol. The highest BCUT2D eigenvalue weighted by Crippen LogP contribution is 2.20. The van der Waals surface area contributed by atoms with E-state index in [-0.39, 0.29) is 5.78 Å². The molecule has 3 nitrogen and oxygen atoms in total. The fourth-order valence-corrected chi connectivity index (χ4v) is 2.89. The second-order valence-corrected chi connectivity index (χ2v) is 5.95. The van der Waals surface area contributed by atoms with Crippen molar-refractivity contribution in [1.82, 2.24) is 9.78 Å². The van der Waals surface area contributed by atoms with Gasteiger partial charge < -0.3 is 0 Å². The highest BCUT2D eigenvalue weighted by molar-refractivity contribution is 5.96. The number of ketones is 1. The van der Waals surface area contributed by atoms with Gasteiger partial charge in [-0.2, -0.15) is 5.10 Å². The van der Waals surface area contributed by atoms with Crippen LogP contribution in [-0.4, -0.2) is 15.6 Å². The van der Waals surface area contributed by atoms with E-state index in [1.54, 1.807) is 6.92 Å². The van der Waals surface area contributed by atoms with Crippen molar-refractivity contribution < 1.29 is 4.79 Å². The van der Waals surface area contributed by atoms with Gasteiger partial charge in [0.15, 0.2) is 5.78 Å². The third-order valence-electron chi connectivity index (χ3n) is 3.51. The lowest BCUT2D eigenvalue weighted by molar-refractivity contribution is 0.101. The zero-order valence-corrected chi connectivity index (χ0v) is 13.3. The fourth-order valence-electron chi connectivity index (χ4n) is 2.89. The van der Waals surface area contributed by atoms with Crippen LogP contribution < -0.4 is 0 Å². The molecule has 0 aromatic carbocycles. The molecule has 0 saturated carbocycles. The Morgan fingerprint density at radius 1 is 1.21 bits per heavy atom. The molecule has 0 saturated heterocycles. The van der Waals surface area contributed by atoms with Crippen LogP contribution in [0.2, 0.25) is 0 Å². The maximum atomic E-state index is 11.8. The van der Waals surface area contributed by atoms with Gasteiger partial charge in [0.1, 0.15) is 0 Å². The number of hydrogen-bond donors (Lipinski definition) is 0. The first-order valence-electron chi connectivity index (χ1n) is 7.50. The van der Waals surface area contributed by atoms with E-state index in [1.807, 2.05) is 0 Å². The maximum Gasteiger partial charge on any atom is 0.163 e. The molecule has 108 valence electrons. The molecule has 0 aliphatic carbocycles. The Hall–Kier alpha value is -1.12. The summed E-state index contributed by atoms with van der Waals surface area (Å²) in [6, 6.07) is 0. The lowest BCUT2D eigenvalue weighted by Crippen LogP contribution is -2.14. The van der Waals surface area contributed by atoms with Crippen molar-refractivity contribution in [2.75, 3.05) is 0 Å². The zero-order valence-electron chi connectivity index (χ0n) is 13.3. The van der Waals surface area contributed by atoms with Crippen LogP contribution in [0.25, 0.3) is 0 Å². The van der Waals surface area contributed by atoms with Gasteiger partial charge in [-0.15, -0.1) is 0 Å². The molecule has 1 unspecified atom stereocenters. The van der Waals surface area contributed by atoms with Crippen LogP contribution in [-0.2, 0) is 19.4 Å². The molecule has 19 heavy (non-hydrogen) atoms. The van der Waals surface area contributed by atoms with Crippen LogP contribution in [0.5, 0.6) is 0 Å². The summed E-state index contributed by atoms with van der Waals surface area (Å²) in [5, 5.41) is 4.66. The highest BCUT2D eigenvalue weighted by Gasteiger charge is 2.20. The molecule has 0 spiro atoms. The smallest absolute Gasteiger partial charge is 0.163 e. The topological polar surface area (TPSA) is 34.9 Å². The second kappa shape index (κ2) is 6.88. The summed E-state index contributed by atoms with van der Waals surface area (Å²) in [6.45, 7) is 13.5. The van der Waals surface area contributed by atoms with Crippen LogP contribution in [0.4, 0.5) is 0 Å². The van der Waals surface area contributed by atoms with Crippen molar-refractivity contribution in [1.29, 1.82) is 0 Å². The fraction of sp³-hybridized carbons (Fsp3) is 0.750. The Labute approximate surface area is 117 Å². The molecule has 0 radical (unpaired) electrons. The van der Waals surface area contributed by atoms with E-state index in [0.717, 1.165) is 36.3 Å². The van der Waals surface area contributed by atoms with Crippen molar-refractivity contribution in [2.24, 2.45) is 11.8 Å². The van der Waals surface area contributed by atoms with Gasteiger partial charge in [0.25, 0.3) is 0 Å². The lowest BCUT2D eigenvalue weighted by Gasteiger charge is -2.15. The molecule has 1 aromatic rings. The number of aromatic nitrogens is 2. The van der Waals surface area contributed by atoms with Gasteiger partial charge in [0, 0.05) is 12.2 Å². The summed E-state index contributed by atoms with van der Waals surface area (Å²) in [5.41, 5.74) is 2.93. The van der Waals surface area contributed by atoms with Gasteiger partial charge in [-0.3, -0.25) is 9.48 Å². The molecular weight excluding hydrogens is 236 g/mol. The van der Waals surface area contributed by atoms with Crippen molar-refractivity contribution in [3.8, 4) is 0 Å². The Bertz CT molecular complexity index is 432. The number of carbonyl (C=O) groups excluding carboxylic acids is 1. The van der Waals surface area contributed by atoms with Crippen LogP contribution in [0.15, 0.2) is 0 Å². The van der Waals surface area contributed by atoms with Crippen molar-refractivity contribution >= 4 is 5.78 Å². The Morgan fingerprint density at radius 2 is 1.84 bits per heavy atom. The molecular formula is C16H28N2O. The number of aryl methyl sites for hydroxylation is 1. The Balaban J connectivity index is 3.04. The zero-order chi connectivity index (χ0) is 14.6. The number of carbonyl (C=O) groups is 1. The first-order chi connectivity index (χ1) is 8.90. The molecule has 0 aliphatic heterocycles. The van der Waals surface area contributed by atoms with E-state index >= 15 is 0 Å². The van der Waals surface area contributed by atoms with Gasteiger partial charge in [0.2, 0.25) is 0 Å². The largest absolute Gasteiger partial charge is 0.294 e. The number of hydrogen-bond acceptors (Lipinski definition) is 2. The van der Waals surface area contributed by atoms with Crippen LogP contribution in [0.1, 0.15) is 69.7 Å². The van der Waals surface area contributed by atoms with Crippen molar-refractivity contribution in [2.45, 2.75) is 67.3 Å². The molecule has 1 rings (SSSR count). The van der Waals surface area contributed by atoms with E-state index < -0.39 is 0 Å². The molecule has 0 amide bonds. The Kier molecular flexibility index (Phi) is 5.77. The average Bonchev–Trinajstić information content (AvgIpc) is 2.65. The van der Waals surface area contributed by atoms with Gasteiger partial charge in [-0.05, 0) is 38.0 Å². The SMILES string of the molecule is CCc1nn(CC(C)CC(C)C)c(CC)c1C(C)=O. The third kappa shape index (κ3) is 3.92. The number of Topliss-reactive ketones (excluding diaryl/α,β-unsaturated/α-hetero) is 1. The van der Waals surface area contributed by atoms with Crippen LogP contribution in [0, 0.1) is 11.8 Å². The highest BCUT2D eigenvalue weighted by atomic mass is 16.1. The van der Waals surface area contributed by atoms with Crippen molar-refractivity contribution in [3.05, 3.63) is 17.0 Å². The second-order valence-electron chi connectivity index (χ2n) is 5.95. The molecule has 3 heteroatoms. The normalized spacial score (nSPS) is 13.0. The van der Waals surface area contributed by atoms with E-state index in [2.05, 4.69) is 44.4 Å². The summed E-state index contributed by atoms with van der Waals surface area (Å²) < 4.78 is 2.07. The molecule has 0 N–H and O–H groups in total. The molecule has 0 fully saturated rings. The first-order valence-corrected chi connectivity index (χ1v) is 7.50. The number of nitrogens with zero attached hydrogens (tertiary/aromatic N) is 2. The predicted molar refractivity (Wildman–Crippen MR) is 79.6 cm³/mol. The summed E-state index contributed by atoms with van der Waals surface area (Å²) in [5.74, 6) is 1.44. The van der Waals surface area contributed by atoms with Gasteiger partial charge in [-0.25, -0.2) is 0 Å². The third-order valence-corrected chi connectivity index (χ3v) is 3.51. The lowest BCUT2D eigenvalue weighted by atomic mass is 9.99. The predicted octanol–water partition coefficient (Wildman–Crippen LogP) is 3.89. The molecule has 0 aliphatic rings.